The normalized spacial score (nSPS) is 33.5. The van der Waals surface area contributed by atoms with E-state index in [9.17, 15) is 4.79 Å². The second-order valence-corrected chi connectivity index (χ2v) is 5.83. The number of rotatable bonds is 4. The highest BCUT2D eigenvalue weighted by Gasteiger charge is 2.43. The first-order chi connectivity index (χ1) is 8.21. The van der Waals surface area contributed by atoms with Gasteiger partial charge >= 0.3 is 0 Å². The highest BCUT2D eigenvalue weighted by atomic mass is 32.2. The SMILES string of the molecule is COC(OC)C(=O)C1CCOC2(CCSC2)C1. The van der Waals surface area contributed by atoms with E-state index >= 15 is 0 Å². The maximum absolute atomic E-state index is 12.2. The topological polar surface area (TPSA) is 44.8 Å². The van der Waals surface area contributed by atoms with Gasteiger partial charge in [-0.2, -0.15) is 11.8 Å². The second kappa shape index (κ2) is 5.69. The first-order valence-electron chi connectivity index (χ1n) is 6.02. The third kappa shape index (κ3) is 2.84. The van der Waals surface area contributed by atoms with Crippen LogP contribution in [0.2, 0.25) is 0 Å². The van der Waals surface area contributed by atoms with Gasteiger partial charge in [-0.15, -0.1) is 0 Å². The Balaban J connectivity index is 1.99. The summed E-state index contributed by atoms with van der Waals surface area (Å²) in [6, 6.07) is 0. The van der Waals surface area contributed by atoms with Crippen LogP contribution in [-0.2, 0) is 19.0 Å². The summed E-state index contributed by atoms with van der Waals surface area (Å²) in [5.74, 6) is 2.24. The van der Waals surface area contributed by atoms with Gasteiger partial charge in [-0.25, -0.2) is 0 Å². The number of carbonyl (C=O) groups excluding carboxylic acids is 1. The smallest absolute Gasteiger partial charge is 0.217 e. The number of ketones is 1. The molecule has 0 bridgehead atoms. The Morgan fingerprint density at radius 3 is 2.82 bits per heavy atom. The van der Waals surface area contributed by atoms with Crippen molar-refractivity contribution in [1.29, 1.82) is 0 Å². The van der Waals surface area contributed by atoms with Crippen LogP contribution in [0.5, 0.6) is 0 Å². The Labute approximate surface area is 106 Å². The van der Waals surface area contributed by atoms with Crippen molar-refractivity contribution < 1.29 is 19.0 Å². The first-order valence-corrected chi connectivity index (χ1v) is 7.17. The lowest BCUT2D eigenvalue weighted by Crippen LogP contribution is -2.44. The number of thioether (sulfide) groups is 1. The van der Waals surface area contributed by atoms with Gasteiger partial charge < -0.3 is 14.2 Å². The van der Waals surface area contributed by atoms with E-state index in [-0.39, 0.29) is 17.3 Å². The molecule has 2 atom stereocenters. The highest BCUT2D eigenvalue weighted by Crippen LogP contribution is 2.40. The largest absolute Gasteiger partial charge is 0.374 e. The lowest BCUT2D eigenvalue weighted by molar-refractivity contribution is -0.168. The van der Waals surface area contributed by atoms with Gasteiger partial charge in [-0.3, -0.25) is 4.79 Å². The monoisotopic (exact) mass is 260 g/mol. The quantitative estimate of drug-likeness (QED) is 0.716. The zero-order chi connectivity index (χ0) is 12.3. The molecule has 2 heterocycles. The third-order valence-corrected chi connectivity index (χ3v) is 4.85. The van der Waals surface area contributed by atoms with Crippen LogP contribution in [0, 0.1) is 5.92 Å². The minimum Gasteiger partial charge on any atom is -0.374 e. The van der Waals surface area contributed by atoms with E-state index in [0.29, 0.717) is 6.61 Å². The van der Waals surface area contributed by atoms with Gasteiger partial charge in [0.05, 0.1) is 5.60 Å². The Morgan fingerprint density at radius 2 is 2.24 bits per heavy atom. The van der Waals surface area contributed by atoms with Crippen LogP contribution in [-0.4, -0.2) is 50.0 Å². The third-order valence-electron chi connectivity index (χ3n) is 3.62. The molecule has 2 fully saturated rings. The summed E-state index contributed by atoms with van der Waals surface area (Å²) >= 11 is 1.91. The van der Waals surface area contributed by atoms with Crippen molar-refractivity contribution in [2.24, 2.45) is 5.92 Å². The molecule has 0 N–H and O–H groups in total. The highest BCUT2D eigenvalue weighted by molar-refractivity contribution is 7.99. The first kappa shape index (κ1) is 13.3. The van der Waals surface area contributed by atoms with Crippen molar-refractivity contribution in [3.05, 3.63) is 0 Å². The van der Waals surface area contributed by atoms with Gasteiger partial charge in [0.15, 0.2) is 5.78 Å². The van der Waals surface area contributed by atoms with Crippen LogP contribution in [0.4, 0.5) is 0 Å². The molecule has 0 amide bonds. The molecule has 2 unspecified atom stereocenters. The molecular weight excluding hydrogens is 240 g/mol. The predicted molar refractivity (Wildman–Crippen MR) is 66.2 cm³/mol. The zero-order valence-corrected chi connectivity index (χ0v) is 11.3. The van der Waals surface area contributed by atoms with E-state index in [1.807, 2.05) is 11.8 Å². The number of hydrogen-bond acceptors (Lipinski definition) is 5. The van der Waals surface area contributed by atoms with E-state index in [0.717, 1.165) is 30.8 Å². The number of ether oxygens (including phenoxy) is 3. The summed E-state index contributed by atoms with van der Waals surface area (Å²) in [7, 11) is 3.01. The Morgan fingerprint density at radius 1 is 1.47 bits per heavy atom. The summed E-state index contributed by atoms with van der Waals surface area (Å²) in [4.78, 5) is 12.2. The second-order valence-electron chi connectivity index (χ2n) is 4.73. The fourth-order valence-electron chi connectivity index (χ4n) is 2.65. The van der Waals surface area contributed by atoms with E-state index in [1.165, 1.54) is 14.2 Å². The maximum atomic E-state index is 12.2. The molecular formula is C12H20O4S. The van der Waals surface area contributed by atoms with E-state index in [1.54, 1.807) is 0 Å². The van der Waals surface area contributed by atoms with E-state index < -0.39 is 6.29 Å². The van der Waals surface area contributed by atoms with Crippen molar-refractivity contribution in [2.75, 3.05) is 32.3 Å². The molecule has 4 nitrogen and oxygen atoms in total. The van der Waals surface area contributed by atoms with Crippen LogP contribution in [0.1, 0.15) is 19.3 Å². The van der Waals surface area contributed by atoms with E-state index in [2.05, 4.69) is 0 Å². The summed E-state index contributed by atoms with van der Waals surface area (Å²) in [6.07, 6.45) is 1.95. The molecule has 0 aromatic rings. The fraction of sp³-hybridized carbons (Fsp3) is 0.917. The summed E-state index contributed by atoms with van der Waals surface area (Å²) in [5.41, 5.74) is -0.0602. The molecule has 1 spiro atoms. The minimum absolute atomic E-state index is 0.0207. The number of carbonyl (C=O) groups is 1. The van der Waals surface area contributed by atoms with Gasteiger partial charge in [-0.05, 0) is 25.0 Å². The average molecular weight is 260 g/mol. The molecule has 2 aliphatic heterocycles. The lowest BCUT2D eigenvalue weighted by Gasteiger charge is -2.37. The van der Waals surface area contributed by atoms with Crippen LogP contribution >= 0.6 is 11.8 Å². The van der Waals surface area contributed by atoms with Gasteiger partial charge in [-0.1, -0.05) is 0 Å². The molecule has 0 aromatic carbocycles. The molecule has 2 aliphatic rings. The van der Waals surface area contributed by atoms with Gasteiger partial charge in [0, 0.05) is 32.5 Å². The fourth-order valence-corrected chi connectivity index (χ4v) is 4.03. The molecule has 0 aromatic heterocycles. The average Bonchev–Trinajstić information content (AvgIpc) is 2.78. The lowest BCUT2D eigenvalue weighted by atomic mass is 9.83. The molecule has 0 radical (unpaired) electrons. The van der Waals surface area contributed by atoms with Crippen molar-refractivity contribution in [1.82, 2.24) is 0 Å². The molecule has 0 saturated carbocycles. The van der Waals surface area contributed by atoms with Crippen molar-refractivity contribution >= 4 is 17.5 Å². The van der Waals surface area contributed by atoms with Crippen molar-refractivity contribution in [3.63, 3.8) is 0 Å². The number of Topliss-reactive ketones (excluding diaryl/α,β-unsaturated/α-hetero) is 1. The summed E-state index contributed by atoms with van der Waals surface area (Å²) < 4.78 is 16.0. The predicted octanol–water partition coefficient (Wildman–Crippen LogP) is 1.48. The van der Waals surface area contributed by atoms with Crippen molar-refractivity contribution in [3.8, 4) is 0 Å². The Bertz CT molecular complexity index is 272. The van der Waals surface area contributed by atoms with Crippen LogP contribution in [0.15, 0.2) is 0 Å². The molecule has 5 heteroatoms. The van der Waals surface area contributed by atoms with Gasteiger partial charge in [0.1, 0.15) is 0 Å². The number of hydrogen-bond donors (Lipinski definition) is 0. The minimum atomic E-state index is -0.718. The van der Waals surface area contributed by atoms with Gasteiger partial charge in [0.2, 0.25) is 6.29 Å². The molecule has 2 saturated heterocycles. The maximum Gasteiger partial charge on any atom is 0.217 e. The van der Waals surface area contributed by atoms with Crippen LogP contribution in [0.25, 0.3) is 0 Å². The summed E-state index contributed by atoms with van der Waals surface area (Å²) in [6.45, 7) is 0.678. The molecule has 17 heavy (non-hydrogen) atoms. The Kier molecular flexibility index (Phi) is 4.47. The molecule has 98 valence electrons. The Hall–Kier alpha value is -0.100. The number of methoxy groups -OCH3 is 2. The molecule has 0 aliphatic carbocycles. The van der Waals surface area contributed by atoms with Crippen LogP contribution in [0.3, 0.4) is 0 Å². The van der Waals surface area contributed by atoms with Crippen LogP contribution < -0.4 is 0 Å². The summed E-state index contributed by atoms with van der Waals surface area (Å²) in [5, 5.41) is 0. The standard InChI is InChI=1S/C12H20O4S/c1-14-11(15-2)10(13)9-3-5-16-12(7-9)4-6-17-8-12/h9,11H,3-8H2,1-2H3. The van der Waals surface area contributed by atoms with Crippen molar-refractivity contribution in [2.45, 2.75) is 31.2 Å². The molecule has 2 rings (SSSR count). The van der Waals surface area contributed by atoms with Gasteiger partial charge in [0.25, 0.3) is 0 Å². The zero-order valence-electron chi connectivity index (χ0n) is 10.4. The van der Waals surface area contributed by atoms with E-state index in [4.69, 9.17) is 14.2 Å².